The van der Waals surface area contributed by atoms with E-state index in [2.05, 4.69) is 32.2 Å². The first kappa shape index (κ1) is 19.3. The summed E-state index contributed by atoms with van der Waals surface area (Å²) in [7, 11) is 0. The van der Waals surface area contributed by atoms with E-state index in [0.29, 0.717) is 12.5 Å². The van der Waals surface area contributed by atoms with Crippen LogP contribution in [-0.4, -0.2) is 5.78 Å². The Labute approximate surface area is 150 Å². The van der Waals surface area contributed by atoms with Gasteiger partial charge in [0.25, 0.3) is 0 Å². The number of Topliss-reactive ketones (excluding diaryl/α,β-unsaturated/α-hetero) is 1. The Morgan fingerprint density at radius 1 is 1.08 bits per heavy atom. The van der Waals surface area contributed by atoms with Gasteiger partial charge in [0.1, 0.15) is 5.82 Å². The molecule has 1 unspecified atom stereocenters. The number of benzene rings is 2. The molecule has 1 N–H and O–H groups in total. The Bertz CT molecular complexity index is 763. The fraction of sp³-hybridized carbons (Fsp3) is 0.409. The van der Waals surface area contributed by atoms with Gasteiger partial charge in [0.05, 0.1) is 0 Å². The number of aryl methyl sites for hydroxylation is 2. The minimum Gasteiger partial charge on any atom is -0.306 e. The van der Waals surface area contributed by atoms with Crippen LogP contribution in [0.1, 0.15) is 65.0 Å². The Balaban J connectivity index is 2.31. The third-order valence-corrected chi connectivity index (χ3v) is 4.88. The third-order valence-electron chi connectivity index (χ3n) is 4.88. The molecular weight excluding hydrogens is 313 g/mol. The average molecular weight is 341 g/mol. The van der Waals surface area contributed by atoms with E-state index < -0.39 is 0 Å². The summed E-state index contributed by atoms with van der Waals surface area (Å²) in [6.45, 7) is 12.7. The van der Waals surface area contributed by atoms with Crippen LogP contribution in [0, 0.1) is 32.5 Å². The molecule has 25 heavy (non-hydrogen) atoms. The van der Waals surface area contributed by atoms with Crippen molar-refractivity contribution >= 4 is 5.78 Å². The van der Waals surface area contributed by atoms with Gasteiger partial charge in [0.15, 0.2) is 5.78 Å². The predicted molar refractivity (Wildman–Crippen MR) is 101 cm³/mol. The highest BCUT2D eigenvalue weighted by Gasteiger charge is 2.18. The van der Waals surface area contributed by atoms with Crippen molar-refractivity contribution in [1.29, 1.82) is 0 Å². The Kier molecular flexibility index (Phi) is 6.12. The van der Waals surface area contributed by atoms with Gasteiger partial charge in [-0.25, -0.2) is 4.39 Å². The van der Waals surface area contributed by atoms with E-state index in [4.69, 9.17) is 0 Å². The molecule has 2 rings (SSSR count). The molecule has 0 spiro atoms. The van der Waals surface area contributed by atoms with Gasteiger partial charge in [0, 0.05) is 18.2 Å². The molecule has 0 aliphatic carbocycles. The zero-order chi connectivity index (χ0) is 18.7. The number of hydrogen-bond donors (Lipinski definition) is 1. The second kappa shape index (κ2) is 7.92. The van der Waals surface area contributed by atoms with Crippen LogP contribution < -0.4 is 5.32 Å². The maximum atomic E-state index is 13.2. The van der Waals surface area contributed by atoms with Crippen LogP contribution >= 0.6 is 0 Å². The van der Waals surface area contributed by atoms with Crippen LogP contribution in [0.25, 0.3) is 0 Å². The lowest BCUT2D eigenvalue weighted by molar-refractivity contribution is 0.101. The molecular formula is C22H28FNO. The standard InChI is InChI=1S/C22H28FNO/c1-13(2)22(18-7-9-19(23)10-8-18)24-12-20-14(3)11-15(4)21(16(20)5)17(6)25/h7-11,13,22,24H,12H2,1-6H3. The van der Waals surface area contributed by atoms with E-state index in [1.54, 1.807) is 6.92 Å². The van der Waals surface area contributed by atoms with Gasteiger partial charge in [-0.3, -0.25) is 4.79 Å². The Hall–Kier alpha value is -2.00. The molecule has 2 aromatic rings. The van der Waals surface area contributed by atoms with Crippen molar-refractivity contribution in [3.8, 4) is 0 Å². The maximum Gasteiger partial charge on any atom is 0.160 e. The van der Waals surface area contributed by atoms with E-state index in [1.165, 1.54) is 23.3 Å². The first-order valence-electron chi connectivity index (χ1n) is 8.81. The van der Waals surface area contributed by atoms with E-state index in [9.17, 15) is 9.18 Å². The number of nitrogens with one attached hydrogen (secondary N) is 1. The predicted octanol–water partition coefficient (Wildman–Crippen LogP) is 5.44. The Morgan fingerprint density at radius 3 is 2.20 bits per heavy atom. The van der Waals surface area contributed by atoms with Crippen molar-refractivity contribution in [2.45, 2.75) is 54.1 Å². The summed E-state index contributed by atoms with van der Waals surface area (Å²) >= 11 is 0. The fourth-order valence-corrected chi connectivity index (χ4v) is 3.66. The van der Waals surface area contributed by atoms with Crippen LogP contribution in [0.5, 0.6) is 0 Å². The molecule has 0 bridgehead atoms. The van der Waals surface area contributed by atoms with Gasteiger partial charge in [-0.2, -0.15) is 0 Å². The molecule has 1 atom stereocenters. The Morgan fingerprint density at radius 2 is 1.68 bits per heavy atom. The summed E-state index contributed by atoms with van der Waals surface area (Å²) in [6.07, 6.45) is 0. The van der Waals surface area contributed by atoms with Crippen molar-refractivity contribution < 1.29 is 9.18 Å². The minimum atomic E-state index is -0.220. The van der Waals surface area contributed by atoms with Crippen molar-refractivity contribution in [2.75, 3.05) is 0 Å². The van der Waals surface area contributed by atoms with Crippen LogP contribution in [0.3, 0.4) is 0 Å². The smallest absolute Gasteiger partial charge is 0.160 e. The molecule has 0 aromatic heterocycles. The van der Waals surface area contributed by atoms with Crippen LogP contribution in [0.4, 0.5) is 4.39 Å². The van der Waals surface area contributed by atoms with E-state index in [1.807, 2.05) is 26.0 Å². The highest BCUT2D eigenvalue weighted by atomic mass is 19.1. The lowest BCUT2D eigenvalue weighted by Crippen LogP contribution is -2.26. The number of rotatable bonds is 6. The summed E-state index contributed by atoms with van der Waals surface area (Å²) in [4.78, 5) is 12.0. The number of hydrogen-bond acceptors (Lipinski definition) is 2. The largest absolute Gasteiger partial charge is 0.306 e. The SMILES string of the molecule is CC(=O)c1c(C)cc(C)c(CNC(c2ccc(F)cc2)C(C)C)c1C. The second-order valence-corrected chi connectivity index (χ2v) is 7.20. The quantitative estimate of drug-likeness (QED) is 0.709. The minimum absolute atomic E-state index is 0.107. The monoisotopic (exact) mass is 341 g/mol. The third kappa shape index (κ3) is 4.35. The van der Waals surface area contributed by atoms with Crippen LogP contribution in [-0.2, 0) is 6.54 Å². The molecule has 134 valence electrons. The number of carbonyl (C=O) groups excluding carboxylic acids is 1. The van der Waals surface area contributed by atoms with Gasteiger partial charge in [0.2, 0.25) is 0 Å². The lowest BCUT2D eigenvalue weighted by atomic mass is 9.90. The van der Waals surface area contributed by atoms with Crippen molar-refractivity contribution in [2.24, 2.45) is 5.92 Å². The molecule has 0 heterocycles. The normalized spacial score (nSPS) is 12.5. The summed E-state index contributed by atoms with van der Waals surface area (Å²) in [5.41, 5.74) is 6.35. The average Bonchev–Trinajstić information content (AvgIpc) is 2.50. The molecule has 0 fully saturated rings. The highest BCUT2D eigenvalue weighted by Crippen LogP contribution is 2.26. The molecule has 0 amide bonds. The first-order chi connectivity index (χ1) is 11.7. The van der Waals surface area contributed by atoms with Crippen molar-refractivity contribution in [3.63, 3.8) is 0 Å². The summed E-state index contributed by atoms with van der Waals surface area (Å²) in [5.74, 6) is 0.251. The highest BCUT2D eigenvalue weighted by molar-refractivity contribution is 5.97. The molecule has 0 saturated heterocycles. The topological polar surface area (TPSA) is 29.1 Å². The van der Waals surface area contributed by atoms with Gasteiger partial charge in [-0.05, 0) is 73.6 Å². The van der Waals surface area contributed by atoms with Gasteiger partial charge < -0.3 is 5.32 Å². The molecule has 0 saturated carbocycles. The van der Waals surface area contributed by atoms with Gasteiger partial charge >= 0.3 is 0 Å². The fourth-order valence-electron chi connectivity index (χ4n) is 3.66. The van der Waals surface area contributed by atoms with Crippen molar-refractivity contribution in [1.82, 2.24) is 5.32 Å². The number of carbonyl (C=O) groups is 1. The van der Waals surface area contributed by atoms with E-state index in [0.717, 1.165) is 22.3 Å². The zero-order valence-corrected chi connectivity index (χ0v) is 16.0. The van der Waals surface area contributed by atoms with Crippen LogP contribution in [0.15, 0.2) is 30.3 Å². The lowest BCUT2D eigenvalue weighted by Gasteiger charge is -2.25. The molecule has 3 heteroatoms. The van der Waals surface area contributed by atoms with Crippen molar-refractivity contribution in [3.05, 3.63) is 69.5 Å². The summed E-state index contributed by atoms with van der Waals surface area (Å²) in [6, 6.07) is 8.89. The molecule has 2 aromatic carbocycles. The molecule has 0 aliphatic rings. The van der Waals surface area contributed by atoms with E-state index >= 15 is 0 Å². The summed E-state index contributed by atoms with van der Waals surface area (Å²) < 4.78 is 13.2. The van der Waals surface area contributed by atoms with E-state index in [-0.39, 0.29) is 17.6 Å². The molecule has 2 nitrogen and oxygen atoms in total. The van der Waals surface area contributed by atoms with Gasteiger partial charge in [-0.15, -0.1) is 0 Å². The zero-order valence-electron chi connectivity index (χ0n) is 16.0. The molecule has 0 aliphatic heterocycles. The summed E-state index contributed by atoms with van der Waals surface area (Å²) in [5, 5.41) is 3.60. The first-order valence-corrected chi connectivity index (χ1v) is 8.81. The molecule has 0 radical (unpaired) electrons. The number of halogens is 1. The van der Waals surface area contributed by atoms with Gasteiger partial charge in [-0.1, -0.05) is 32.0 Å². The van der Waals surface area contributed by atoms with Crippen LogP contribution in [0.2, 0.25) is 0 Å². The number of ketones is 1. The maximum absolute atomic E-state index is 13.2. The second-order valence-electron chi connectivity index (χ2n) is 7.20.